The molecule has 1 aromatic rings. The van der Waals surface area contributed by atoms with Gasteiger partial charge >= 0.3 is 6.03 Å². The van der Waals surface area contributed by atoms with E-state index in [4.69, 9.17) is 4.74 Å². The molecule has 0 radical (unpaired) electrons. The van der Waals surface area contributed by atoms with Crippen LogP contribution in [0.2, 0.25) is 19.6 Å². The number of benzene rings is 1. The first-order chi connectivity index (χ1) is 15.5. The number of halogens is 1. The Hall–Kier alpha value is -2.91. The van der Waals surface area contributed by atoms with E-state index >= 15 is 0 Å². The number of aliphatic hydroxyl groups excluding tert-OH is 1. The molecule has 1 saturated heterocycles. The van der Waals surface area contributed by atoms with E-state index in [1.54, 1.807) is 37.3 Å². The van der Waals surface area contributed by atoms with Gasteiger partial charge in [-0.25, -0.2) is 9.18 Å². The molecule has 9 heteroatoms. The van der Waals surface area contributed by atoms with E-state index in [1.807, 2.05) is 19.6 Å². The van der Waals surface area contributed by atoms with Crippen LogP contribution in [-0.4, -0.2) is 62.4 Å². The quantitative estimate of drug-likeness (QED) is 0.306. The molecule has 0 aromatic heterocycles. The Morgan fingerprint density at radius 1 is 1.33 bits per heavy atom. The van der Waals surface area contributed by atoms with Gasteiger partial charge in [0.25, 0.3) is 5.91 Å². The van der Waals surface area contributed by atoms with E-state index in [1.165, 1.54) is 18.1 Å². The van der Waals surface area contributed by atoms with E-state index in [2.05, 4.69) is 17.2 Å². The van der Waals surface area contributed by atoms with Crippen LogP contribution in [0.4, 0.5) is 14.9 Å². The van der Waals surface area contributed by atoms with Crippen LogP contribution in [0.3, 0.4) is 0 Å². The highest BCUT2D eigenvalue weighted by atomic mass is 28.3. The summed E-state index contributed by atoms with van der Waals surface area (Å²) in [5.41, 5.74) is 0.606. The van der Waals surface area contributed by atoms with Crippen molar-refractivity contribution in [3.63, 3.8) is 0 Å². The Morgan fingerprint density at radius 3 is 2.55 bits per heavy atom. The number of anilines is 1. The summed E-state index contributed by atoms with van der Waals surface area (Å²) in [7, 11) is -0.343. The molecule has 0 unspecified atom stereocenters. The van der Waals surface area contributed by atoms with Gasteiger partial charge in [-0.05, 0) is 48.4 Å². The van der Waals surface area contributed by atoms with Crippen molar-refractivity contribution in [2.24, 2.45) is 0 Å². The van der Waals surface area contributed by atoms with Gasteiger partial charge in [0.2, 0.25) is 0 Å². The van der Waals surface area contributed by atoms with Gasteiger partial charge in [0.1, 0.15) is 17.6 Å². The number of nitrogens with one attached hydrogen (secondary N) is 2. The molecule has 1 fully saturated rings. The summed E-state index contributed by atoms with van der Waals surface area (Å²) in [5.74, 6) is -0.360. The maximum Gasteiger partial charge on any atom is 0.318 e. The van der Waals surface area contributed by atoms with Gasteiger partial charge < -0.3 is 25.4 Å². The Bertz CT molecular complexity index is 956. The first-order valence-electron chi connectivity index (χ1n) is 10.9. The molecular weight excluding hydrogens is 441 g/mol. The number of rotatable bonds is 8. The van der Waals surface area contributed by atoms with Crippen molar-refractivity contribution in [1.82, 2.24) is 10.2 Å². The van der Waals surface area contributed by atoms with Gasteiger partial charge in [0.15, 0.2) is 0 Å². The topological polar surface area (TPSA) is 90.9 Å². The van der Waals surface area contributed by atoms with Crippen molar-refractivity contribution in [3.05, 3.63) is 60.2 Å². The number of carbonyl (C=O) groups excluding carboxylic acids is 2. The number of likely N-dealkylation sites (tertiary alicyclic amines) is 1. The van der Waals surface area contributed by atoms with Crippen molar-refractivity contribution >= 4 is 30.9 Å². The molecule has 1 aliphatic rings. The monoisotopic (exact) mass is 475 g/mol. The van der Waals surface area contributed by atoms with Crippen LogP contribution >= 0.6 is 0 Å². The number of amides is 3. The fourth-order valence-electron chi connectivity index (χ4n) is 3.45. The summed E-state index contributed by atoms with van der Waals surface area (Å²) in [4.78, 5) is 27.2. The van der Waals surface area contributed by atoms with Crippen LogP contribution in [0, 0.1) is 5.82 Å². The third-order valence-electron chi connectivity index (χ3n) is 5.38. The first kappa shape index (κ1) is 26.3. The largest absolute Gasteiger partial charge is 0.497 e. The standard InChI is InChI=1S/C24H34FN3O4Si/c1-7-19(32-3)10-8-16(2)22(27-24(31)28-13-12-18(29)15-28)23(30)26-17-9-11-21(20(25)14-17)33(4,5)6/h7-11,14,18,22,29H,2,12-13,15H2,1,3-6H3,(H,26,30)(H,27,31)/b10-8-,19-7+/t18-,22-/m1/s1. The van der Waals surface area contributed by atoms with Crippen molar-refractivity contribution in [2.45, 2.75) is 45.1 Å². The summed E-state index contributed by atoms with van der Waals surface area (Å²) >= 11 is 0. The van der Waals surface area contributed by atoms with E-state index < -0.39 is 32.2 Å². The first-order valence-corrected chi connectivity index (χ1v) is 14.4. The van der Waals surface area contributed by atoms with Gasteiger partial charge in [-0.1, -0.05) is 38.4 Å². The smallest absolute Gasteiger partial charge is 0.318 e. The van der Waals surface area contributed by atoms with Gasteiger partial charge in [0, 0.05) is 18.8 Å². The van der Waals surface area contributed by atoms with Crippen LogP contribution in [0.5, 0.6) is 0 Å². The Kier molecular flexibility index (Phi) is 9.01. The average Bonchev–Trinajstić information content (AvgIpc) is 3.17. The number of methoxy groups -OCH3 is 1. The molecule has 3 N–H and O–H groups in total. The van der Waals surface area contributed by atoms with Crippen molar-refractivity contribution < 1.29 is 23.8 Å². The molecule has 0 spiro atoms. The van der Waals surface area contributed by atoms with Crippen LogP contribution in [0.25, 0.3) is 0 Å². The highest BCUT2D eigenvalue weighted by Gasteiger charge is 2.29. The molecule has 7 nitrogen and oxygen atoms in total. The van der Waals surface area contributed by atoms with E-state index in [0.29, 0.717) is 29.5 Å². The lowest BCUT2D eigenvalue weighted by Gasteiger charge is -2.23. The zero-order valence-electron chi connectivity index (χ0n) is 19.9. The van der Waals surface area contributed by atoms with Crippen molar-refractivity contribution in [2.75, 3.05) is 25.5 Å². The van der Waals surface area contributed by atoms with E-state index in [0.717, 1.165) is 0 Å². The highest BCUT2D eigenvalue weighted by molar-refractivity contribution is 6.88. The molecule has 0 saturated carbocycles. The molecule has 1 heterocycles. The molecule has 0 aliphatic carbocycles. The minimum atomic E-state index is -1.86. The number of hydrogen-bond donors (Lipinski definition) is 3. The Balaban J connectivity index is 2.24. The second kappa shape index (κ2) is 11.3. The van der Waals surface area contributed by atoms with E-state index in [-0.39, 0.29) is 18.0 Å². The Labute approximate surface area is 196 Å². The van der Waals surface area contributed by atoms with Crippen LogP contribution in [-0.2, 0) is 9.53 Å². The van der Waals surface area contributed by atoms with Crippen molar-refractivity contribution in [1.29, 1.82) is 0 Å². The molecule has 0 bridgehead atoms. The van der Waals surface area contributed by atoms with Crippen LogP contribution in [0.1, 0.15) is 13.3 Å². The maximum atomic E-state index is 14.6. The van der Waals surface area contributed by atoms with Crippen LogP contribution in [0.15, 0.2) is 54.3 Å². The number of nitrogens with zero attached hydrogens (tertiary/aromatic N) is 1. The minimum absolute atomic E-state index is 0.193. The molecule has 1 aromatic carbocycles. The molecule has 3 amide bonds. The third kappa shape index (κ3) is 7.30. The number of aliphatic hydroxyl groups is 1. The SMILES string of the molecule is C=C(/C=C\C(=C/C)OC)[C@@H](NC(=O)N1CC[C@@H](O)C1)C(=O)Nc1ccc([Si](C)(C)C)c(F)c1. The molecule has 2 atom stereocenters. The second-order valence-corrected chi connectivity index (χ2v) is 14.0. The molecule has 180 valence electrons. The molecular formula is C24H34FN3O4Si. The summed E-state index contributed by atoms with van der Waals surface area (Å²) < 4.78 is 19.8. The third-order valence-corrected chi connectivity index (χ3v) is 7.40. The van der Waals surface area contributed by atoms with Gasteiger partial charge in [0.05, 0.1) is 21.3 Å². The Morgan fingerprint density at radius 2 is 2.03 bits per heavy atom. The molecule has 1 aliphatic heterocycles. The normalized spacial score (nSPS) is 17.7. The lowest BCUT2D eigenvalue weighted by atomic mass is 10.1. The number of urea groups is 1. The lowest BCUT2D eigenvalue weighted by molar-refractivity contribution is -0.117. The number of ether oxygens (including phenoxy) is 1. The predicted molar refractivity (Wildman–Crippen MR) is 132 cm³/mol. The van der Waals surface area contributed by atoms with Gasteiger partial charge in [-0.15, -0.1) is 0 Å². The van der Waals surface area contributed by atoms with Crippen LogP contribution < -0.4 is 15.8 Å². The minimum Gasteiger partial charge on any atom is -0.497 e. The predicted octanol–water partition coefficient (Wildman–Crippen LogP) is 3.12. The van der Waals surface area contributed by atoms with E-state index in [9.17, 15) is 19.1 Å². The second-order valence-electron chi connectivity index (χ2n) is 9.01. The fourth-order valence-corrected chi connectivity index (χ4v) is 4.82. The average molecular weight is 476 g/mol. The zero-order chi connectivity index (χ0) is 24.8. The van der Waals surface area contributed by atoms with Gasteiger partial charge in [-0.3, -0.25) is 4.79 Å². The molecule has 33 heavy (non-hydrogen) atoms. The summed E-state index contributed by atoms with van der Waals surface area (Å²) in [5, 5.41) is 15.7. The summed E-state index contributed by atoms with van der Waals surface area (Å²) in [6, 6.07) is 3.05. The fraction of sp³-hybridized carbons (Fsp3) is 0.417. The number of allylic oxidation sites excluding steroid dienone is 2. The maximum absolute atomic E-state index is 14.6. The number of carbonyl (C=O) groups is 2. The zero-order valence-corrected chi connectivity index (χ0v) is 20.9. The van der Waals surface area contributed by atoms with Gasteiger partial charge in [-0.2, -0.15) is 0 Å². The number of β-amino-alcohol motifs (C(OH)–C–C–N with tert-alkyl or cyclic N) is 1. The lowest BCUT2D eigenvalue weighted by Crippen LogP contribution is -2.49. The summed E-state index contributed by atoms with van der Waals surface area (Å²) in [6.07, 6.45) is 4.85. The number of hydrogen-bond acceptors (Lipinski definition) is 4. The van der Waals surface area contributed by atoms with Crippen molar-refractivity contribution in [3.8, 4) is 0 Å². The highest BCUT2D eigenvalue weighted by Crippen LogP contribution is 2.16. The summed E-state index contributed by atoms with van der Waals surface area (Å²) in [6.45, 7) is 12.4. The molecule has 2 rings (SSSR count).